The zero-order valence-corrected chi connectivity index (χ0v) is 10.3. The van der Waals surface area contributed by atoms with Gasteiger partial charge in [-0.1, -0.05) is 6.07 Å². The molecule has 0 bridgehead atoms. The Morgan fingerprint density at radius 1 is 1.22 bits per heavy atom. The zero-order chi connectivity index (χ0) is 12.5. The highest BCUT2D eigenvalue weighted by Crippen LogP contribution is 2.41. The molecule has 92 valence electrons. The van der Waals surface area contributed by atoms with Gasteiger partial charge in [0.2, 0.25) is 0 Å². The molecule has 18 heavy (non-hydrogen) atoms. The molecule has 2 atom stereocenters. The lowest BCUT2D eigenvalue weighted by atomic mass is 9.94. The van der Waals surface area contributed by atoms with E-state index in [9.17, 15) is 0 Å². The first-order valence-electron chi connectivity index (χ1n) is 6.12. The molecule has 3 heteroatoms. The Hall–Kier alpha value is -1.87. The maximum atomic E-state index is 6.37. The van der Waals surface area contributed by atoms with Crippen molar-refractivity contribution in [3.05, 3.63) is 59.4 Å². The predicted octanol–water partition coefficient (Wildman–Crippen LogP) is 2.43. The van der Waals surface area contributed by atoms with Gasteiger partial charge >= 0.3 is 0 Å². The molecule has 1 heterocycles. The van der Waals surface area contributed by atoms with E-state index in [2.05, 4.69) is 17.1 Å². The second-order valence-electron chi connectivity index (χ2n) is 4.68. The van der Waals surface area contributed by atoms with Crippen LogP contribution in [-0.4, -0.2) is 12.1 Å². The summed E-state index contributed by atoms with van der Waals surface area (Å²) in [6, 6.07) is 10.3. The number of fused-ring (bicyclic) bond motifs is 1. The van der Waals surface area contributed by atoms with Crippen molar-refractivity contribution in [3.8, 4) is 5.75 Å². The number of aromatic nitrogens is 1. The monoisotopic (exact) mass is 240 g/mol. The van der Waals surface area contributed by atoms with E-state index in [4.69, 9.17) is 10.5 Å². The Morgan fingerprint density at radius 2 is 2.00 bits per heavy atom. The van der Waals surface area contributed by atoms with Crippen LogP contribution in [0.4, 0.5) is 0 Å². The average molecular weight is 240 g/mol. The van der Waals surface area contributed by atoms with Gasteiger partial charge in [0.1, 0.15) is 5.75 Å². The molecule has 0 radical (unpaired) electrons. The minimum absolute atomic E-state index is 0.0394. The highest BCUT2D eigenvalue weighted by atomic mass is 16.5. The maximum Gasteiger partial charge on any atom is 0.119 e. The van der Waals surface area contributed by atoms with Crippen LogP contribution in [0.1, 0.15) is 28.7 Å². The number of benzene rings is 1. The number of methoxy groups -OCH3 is 1. The van der Waals surface area contributed by atoms with E-state index in [0.29, 0.717) is 5.92 Å². The number of hydrogen-bond donors (Lipinski definition) is 1. The van der Waals surface area contributed by atoms with E-state index in [-0.39, 0.29) is 6.04 Å². The minimum atomic E-state index is 0.0394. The molecule has 2 unspecified atom stereocenters. The van der Waals surface area contributed by atoms with Crippen molar-refractivity contribution in [3.63, 3.8) is 0 Å². The fourth-order valence-electron chi connectivity index (χ4n) is 2.71. The molecule has 0 aliphatic heterocycles. The summed E-state index contributed by atoms with van der Waals surface area (Å²) in [7, 11) is 1.68. The lowest BCUT2D eigenvalue weighted by molar-refractivity contribution is 0.414. The van der Waals surface area contributed by atoms with Crippen molar-refractivity contribution >= 4 is 0 Å². The van der Waals surface area contributed by atoms with Crippen LogP contribution in [0.5, 0.6) is 5.75 Å². The molecule has 3 rings (SSSR count). The Labute approximate surface area is 107 Å². The molecule has 3 nitrogen and oxygen atoms in total. The molecule has 1 aromatic carbocycles. The van der Waals surface area contributed by atoms with E-state index < -0.39 is 0 Å². The second kappa shape index (κ2) is 4.42. The Balaban J connectivity index is 1.96. The first-order valence-corrected chi connectivity index (χ1v) is 6.12. The third-order valence-electron chi connectivity index (χ3n) is 3.72. The number of nitrogens with zero attached hydrogens (tertiary/aromatic N) is 1. The molecule has 0 saturated heterocycles. The number of rotatable bonds is 2. The van der Waals surface area contributed by atoms with Gasteiger partial charge in [-0.2, -0.15) is 0 Å². The summed E-state index contributed by atoms with van der Waals surface area (Å²) in [5, 5.41) is 0. The van der Waals surface area contributed by atoms with Gasteiger partial charge in [-0.3, -0.25) is 4.98 Å². The van der Waals surface area contributed by atoms with Crippen molar-refractivity contribution < 1.29 is 4.74 Å². The van der Waals surface area contributed by atoms with E-state index in [1.54, 1.807) is 7.11 Å². The van der Waals surface area contributed by atoms with Crippen LogP contribution in [0.3, 0.4) is 0 Å². The van der Waals surface area contributed by atoms with Gasteiger partial charge in [0.15, 0.2) is 0 Å². The molecule has 2 aromatic rings. The molecular weight excluding hydrogens is 224 g/mol. The Kier molecular flexibility index (Phi) is 2.76. The molecule has 0 spiro atoms. The van der Waals surface area contributed by atoms with E-state index in [1.807, 2.05) is 30.6 Å². The van der Waals surface area contributed by atoms with Crippen molar-refractivity contribution in [2.24, 2.45) is 5.73 Å². The molecular formula is C15H16N2O. The van der Waals surface area contributed by atoms with E-state index >= 15 is 0 Å². The predicted molar refractivity (Wildman–Crippen MR) is 70.6 cm³/mol. The molecule has 0 amide bonds. The first-order chi connectivity index (χ1) is 8.79. The summed E-state index contributed by atoms with van der Waals surface area (Å²) in [4.78, 5) is 4.06. The summed E-state index contributed by atoms with van der Waals surface area (Å²) in [5.41, 5.74) is 10.2. The van der Waals surface area contributed by atoms with Crippen LogP contribution in [0.2, 0.25) is 0 Å². The second-order valence-corrected chi connectivity index (χ2v) is 4.68. The lowest BCUT2D eigenvalue weighted by Crippen LogP contribution is -2.15. The third-order valence-corrected chi connectivity index (χ3v) is 3.72. The van der Waals surface area contributed by atoms with Crippen LogP contribution in [0.15, 0.2) is 42.7 Å². The summed E-state index contributed by atoms with van der Waals surface area (Å²) in [5.74, 6) is 1.22. The fraction of sp³-hybridized carbons (Fsp3) is 0.267. The van der Waals surface area contributed by atoms with Crippen LogP contribution in [-0.2, 0) is 6.42 Å². The Morgan fingerprint density at radius 3 is 2.72 bits per heavy atom. The number of hydrogen-bond acceptors (Lipinski definition) is 3. The topological polar surface area (TPSA) is 48.1 Å². The van der Waals surface area contributed by atoms with Crippen LogP contribution in [0, 0.1) is 0 Å². The number of nitrogens with two attached hydrogens (primary N) is 1. The van der Waals surface area contributed by atoms with E-state index in [1.165, 1.54) is 16.7 Å². The van der Waals surface area contributed by atoms with Crippen LogP contribution >= 0.6 is 0 Å². The van der Waals surface area contributed by atoms with Gasteiger partial charge in [-0.25, -0.2) is 0 Å². The highest BCUT2D eigenvalue weighted by molar-refractivity contribution is 5.44. The van der Waals surface area contributed by atoms with Gasteiger partial charge in [0.05, 0.1) is 7.11 Å². The molecule has 2 N–H and O–H groups in total. The quantitative estimate of drug-likeness (QED) is 0.877. The first kappa shape index (κ1) is 11.2. The van der Waals surface area contributed by atoms with Gasteiger partial charge in [-0.15, -0.1) is 0 Å². The van der Waals surface area contributed by atoms with Gasteiger partial charge in [0.25, 0.3) is 0 Å². The zero-order valence-electron chi connectivity index (χ0n) is 10.3. The fourth-order valence-corrected chi connectivity index (χ4v) is 2.71. The Bertz CT molecular complexity index is 554. The molecule has 0 saturated carbocycles. The average Bonchev–Trinajstić information content (AvgIpc) is 2.77. The summed E-state index contributed by atoms with van der Waals surface area (Å²) < 4.78 is 5.26. The molecule has 1 aliphatic rings. The van der Waals surface area contributed by atoms with Crippen LogP contribution < -0.4 is 10.5 Å². The third kappa shape index (κ3) is 1.77. The number of pyridine rings is 1. The number of ether oxygens (including phenoxy) is 1. The summed E-state index contributed by atoms with van der Waals surface area (Å²) in [6.45, 7) is 0. The van der Waals surface area contributed by atoms with Gasteiger partial charge < -0.3 is 10.5 Å². The largest absolute Gasteiger partial charge is 0.497 e. The van der Waals surface area contributed by atoms with Crippen molar-refractivity contribution in [2.75, 3.05) is 7.11 Å². The molecule has 0 fully saturated rings. The SMILES string of the molecule is COc1ccc2c(c1)C(N)C(c1ccncc1)C2. The lowest BCUT2D eigenvalue weighted by Gasteiger charge is -2.16. The van der Waals surface area contributed by atoms with E-state index in [0.717, 1.165) is 12.2 Å². The highest BCUT2D eigenvalue weighted by Gasteiger charge is 2.30. The van der Waals surface area contributed by atoms with Crippen LogP contribution in [0.25, 0.3) is 0 Å². The smallest absolute Gasteiger partial charge is 0.119 e. The van der Waals surface area contributed by atoms with Gasteiger partial charge in [0, 0.05) is 24.4 Å². The maximum absolute atomic E-state index is 6.37. The van der Waals surface area contributed by atoms with Gasteiger partial charge in [-0.05, 0) is 47.4 Å². The molecule has 1 aromatic heterocycles. The van der Waals surface area contributed by atoms with Crippen molar-refractivity contribution in [1.29, 1.82) is 0 Å². The van der Waals surface area contributed by atoms with Crippen molar-refractivity contribution in [1.82, 2.24) is 4.98 Å². The normalized spacial score (nSPS) is 21.7. The summed E-state index contributed by atoms with van der Waals surface area (Å²) >= 11 is 0. The standard InChI is InChI=1S/C15H16N2O/c1-18-12-3-2-11-8-13(15(16)14(11)9-12)10-4-6-17-7-5-10/h2-7,9,13,15H,8,16H2,1H3. The van der Waals surface area contributed by atoms with Crippen molar-refractivity contribution in [2.45, 2.75) is 18.4 Å². The summed E-state index contributed by atoms with van der Waals surface area (Å²) in [6.07, 6.45) is 4.64. The minimum Gasteiger partial charge on any atom is -0.497 e. The molecule has 1 aliphatic carbocycles.